The van der Waals surface area contributed by atoms with Crippen molar-refractivity contribution >= 4 is 38.2 Å². The van der Waals surface area contributed by atoms with Crippen molar-refractivity contribution in [1.82, 2.24) is 9.29 Å². The molecule has 1 saturated heterocycles. The lowest BCUT2D eigenvalue weighted by molar-refractivity contribution is 0.0699. The van der Waals surface area contributed by atoms with Crippen molar-refractivity contribution in [3.63, 3.8) is 0 Å². The maximum Gasteiger partial charge on any atom is 0.336 e. The Morgan fingerprint density at radius 2 is 1.79 bits per heavy atom. The molecule has 1 aromatic carbocycles. The Kier molecular flexibility index (Phi) is 5.42. The molecule has 152 valence electrons. The van der Waals surface area contributed by atoms with E-state index in [9.17, 15) is 18.3 Å². The number of aryl methyl sites for hydroxylation is 1. The largest absolute Gasteiger partial charge is 0.478 e. The average Bonchev–Trinajstić information content (AvgIpc) is 2.95. The molecule has 0 amide bonds. The Labute approximate surface area is 173 Å². The van der Waals surface area contributed by atoms with Crippen LogP contribution in [0, 0.1) is 6.92 Å². The van der Waals surface area contributed by atoms with E-state index in [1.54, 1.807) is 6.07 Å². The molecule has 0 bridgehead atoms. The summed E-state index contributed by atoms with van der Waals surface area (Å²) in [7, 11) is -3.66. The van der Waals surface area contributed by atoms with Crippen LogP contribution in [0.25, 0.3) is 21.5 Å². The van der Waals surface area contributed by atoms with E-state index in [0.717, 1.165) is 35.4 Å². The third-order valence-corrected chi connectivity index (χ3v) is 8.12. The van der Waals surface area contributed by atoms with Gasteiger partial charge in [0.25, 0.3) is 0 Å². The average molecular weight is 431 g/mol. The molecule has 3 aromatic rings. The normalized spacial score (nSPS) is 16.0. The molecule has 0 atom stereocenters. The fourth-order valence-corrected chi connectivity index (χ4v) is 6.04. The van der Waals surface area contributed by atoms with Gasteiger partial charge in [0.2, 0.25) is 10.0 Å². The number of sulfonamides is 1. The minimum atomic E-state index is -3.66. The van der Waals surface area contributed by atoms with Crippen LogP contribution in [0.15, 0.2) is 41.3 Å². The maximum atomic E-state index is 13.1. The van der Waals surface area contributed by atoms with Crippen LogP contribution in [0.3, 0.4) is 0 Å². The number of hydrogen-bond donors (Lipinski definition) is 1. The summed E-state index contributed by atoms with van der Waals surface area (Å²) < 4.78 is 27.7. The number of aromatic nitrogens is 1. The Morgan fingerprint density at radius 3 is 2.41 bits per heavy atom. The lowest BCUT2D eigenvalue weighted by atomic mass is 10.1. The molecule has 0 saturated carbocycles. The molecule has 1 N–H and O–H groups in total. The number of rotatable bonds is 4. The number of nitrogens with zero attached hydrogens (tertiary/aromatic N) is 2. The van der Waals surface area contributed by atoms with Crippen molar-refractivity contribution in [2.45, 2.75) is 37.5 Å². The summed E-state index contributed by atoms with van der Waals surface area (Å²) >= 11 is 1.54. The van der Waals surface area contributed by atoms with Gasteiger partial charge in [-0.3, -0.25) is 0 Å². The smallest absolute Gasteiger partial charge is 0.336 e. The molecule has 0 radical (unpaired) electrons. The number of thiophene rings is 1. The summed E-state index contributed by atoms with van der Waals surface area (Å²) in [4.78, 5) is 18.6. The molecule has 3 heterocycles. The third kappa shape index (κ3) is 3.92. The van der Waals surface area contributed by atoms with Crippen LogP contribution in [-0.4, -0.2) is 41.9 Å². The summed E-state index contributed by atoms with van der Waals surface area (Å²) in [5, 5.41) is 10.1. The first kappa shape index (κ1) is 20.0. The first-order chi connectivity index (χ1) is 13.9. The first-order valence-electron chi connectivity index (χ1n) is 9.61. The van der Waals surface area contributed by atoms with Crippen LogP contribution in [0.4, 0.5) is 0 Å². The van der Waals surface area contributed by atoms with Crippen molar-refractivity contribution < 1.29 is 18.3 Å². The van der Waals surface area contributed by atoms with E-state index < -0.39 is 16.0 Å². The van der Waals surface area contributed by atoms with Crippen molar-refractivity contribution in [3.8, 4) is 10.6 Å². The van der Waals surface area contributed by atoms with Crippen molar-refractivity contribution in [1.29, 1.82) is 0 Å². The van der Waals surface area contributed by atoms with Gasteiger partial charge >= 0.3 is 5.97 Å². The quantitative estimate of drug-likeness (QED) is 0.657. The van der Waals surface area contributed by atoms with Gasteiger partial charge in [0, 0.05) is 23.4 Å². The van der Waals surface area contributed by atoms with E-state index in [-0.39, 0.29) is 10.5 Å². The zero-order valence-electron chi connectivity index (χ0n) is 16.1. The molecule has 2 aromatic heterocycles. The molecular weight excluding hydrogens is 408 g/mol. The second kappa shape index (κ2) is 7.85. The lowest BCUT2D eigenvalue weighted by Gasteiger charge is -2.20. The van der Waals surface area contributed by atoms with Crippen LogP contribution >= 0.6 is 11.3 Å². The van der Waals surface area contributed by atoms with E-state index in [1.807, 2.05) is 19.1 Å². The summed E-state index contributed by atoms with van der Waals surface area (Å²) in [6, 6.07) is 10.00. The van der Waals surface area contributed by atoms with E-state index in [0.29, 0.717) is 29.7 Å². The molecule has 0 spiro atoms. The SMILES string of the molecule is Cc1ccc(-c2cc(C(=O)O)c3cc(S(=O)(=O)N4CCCCCC4)ccc3n2)s1. The van der Waals surface area contributed by atoms with Gasteiger partial charge in [-0.25, -0.2) is 18.2 Å². The van der Waals surface area contributed by atoms with Gasteiger partial charge in [0.15, 0.2) is 0 Å². The van der Waals surface area contributed by atoms with Crippen LogP contribution < -0.4 is 0 Å². The van der Waals surface area contributed by atoms with Gasteiger partial charge in [0.1, 0.15) is 0 Å². The molecule has 8 heteroatoms. The summed E-state index contributed by atoms with van der Waals surface area (Å²) in [6.07, 6.45) is 3.75. The van der Waals surface area contributed by atoms with Gasteiger partial charge in [-0.2, -0.15) is 4.31 Å². The van der Waals surface area contributed by atoms with Gasteiger partial charge < -0.3 is 5.11 Å². The Balaban J connectivity index is 1.83. The summed E-state index contributed by atoms with van der Waals surface area (Å²) in [6.45, 7) is 2.98. The zero-order chi connectivity index (χ0) is 20.6. The number of carboxylic acids is 1. The van der Waals surface area contributed by atoms with Crippen molar-refractivity contribution in [2.75, 3.05) is 13.1 Å². The fraction of sp³-hybridized carbons (Fsp3) is 0.333. The highest BCUT2D eigenvalue weighted by Gasteiger charge is 2.26. The third-order valence-electron chi connectivity index (χ3n) is 5.21. The monoisotopic (exact) mass is 430 g/mol. The molecule has 0 unspecified atom stereocenters. The second-order valence-electron chi connectivity index (χ2n) is 7.27. The van der Waals surface area contributed by atoms with Crippen molar-refractivity contribution in [2.24, 2.45) is 0 Å². The number of hydrogen-bond acceptors (Lipinski definition) is 5. The summed E-state index contributed by atoms with van der Waals surface area (Å²) in [5.74, 6) is -1.10. The Morgan fingerprint density at radius 1 is 1.07 bits per heavy atom. The number of fused-ring (bicyclic) bond motifs is 1. The van der Waals surface area contributed by atoms with Crippen LogP contribution in [-0.2, 0) is 10.0 Å². The Hall–Kier alpha value is -2.29. The minimum Gasteiger partial charge on any atom is -0.478 e. The highest BCUT2D eigenvalue weighted by atomic mass is 32.2. The maximum absolute atomic E-state index is 13.1. The highest BCUT2D eigenvalue weighted by Crippen LogP contribution is 2.31. The van der Waals surface area contributed by atoms with E-state index in [4.69, 9.17) is 0 Å². The number of benzene rings is 1. The van der Waals surface area contributed by atoms with Crippen LogP contribution in [0.5, 0.6) is 0 Å². The van der Waals surface area contributed by atoms with Gasteiger partial charge in [-0.15, -0.1) is 11.3 Å². The second-order valence-corrected chi connectivity index (χ2v) is 10.5. The highest BCUT2D eigenvalue weighted by molar-refractivity contribution is 7.89. The fourth-order valence-electron chi connectivity index (χ4n) is 3.67. The molecule has 6 nitrogen and oxygen atoms in total. The molecule has 0 aliphatic carbocycles. The molecular formula is C21H22N2O4S2. The molecule has 1 fully saturated rings. The molecule has 1 aliphatic rings. The van der Waals surface area contributed by atoms with Crippen LogP contribution in [0.1, 0.15) is 40.9 Å². The summed E-state index contributed by atoms with van der Waals surface area (Å²) in [5.41, 5.74) is 1.11. The minimum absolute atomic E-state index is 0.0592. The molecule has 4 rings (SSSR count). The first-order valence-corrected chi connectivity index (χ1v) is 11.9. The number of pyridine rings is 1. The number of aromatic carboxylic acids is 1. The number of carboxylic acid groups (broad SMARTS) is 1. The van der Waals surface area contributed by atoms with E-state index in [2.05, 4.69) is 4.98 Å². The van der Waals surface area contributed by atoms with E-state index >= 15 is 0 Å². The molecule has 1 aliphatic heterocycles. The topological polar surface area (TPSA) is 87.6 Å². The standard InChI is InChI=1S/C21H22N2O4S2/c1-14-6-9-20(28-14)19-13-17(21(24)25)16-12-15(7-8-18(16)22-19)29(26,27)23-10-4-2-3-5-11-23/h6-9,12-13H,2-5,10-11H2,1H3,(H,24,25). The van der Waals surface area contributed by atoms with Gasteiger partial charge in [-0.05, 0) is 56.2 Å². The van der Waals surface area contributed by atoms with Crippen LogP contribution in [0.2, 0.25) is 0 Å². The molecule has 29 heavy (non-hydrogen) atoms. The van der Waals surface area contributed by atoms with Gasteiger partial charge in [0.05, 0.1) is 26.5 Å². The number of carbonyl (C=O) groups is 1. The van der Waals surface area contributed by atoms with Crippen molar-refractivity contribution in [3.05, 3.63) is 46.8 Å². The predicted octanol–water partition coefficient (Wildman–Crippen LogP) is 4.53. The zero-order valence-corrected chi connectivity index (χ0v) is 17.7. The van der Waals surface area contributed by atoms with Gasteiger partial charge in [-0.1, -0.05) is 12.8 Å². The Bertz CT molecular complexity index is 1180. The predicted molar refractivity (Wildman–Crippen MR) is 114 cm³/mol. The van der Waals surface area contributed by atoms with E-state index in [1.165, 1.54) is 33.8 Å². The lowest BCUT2D eigenvalue weighted by Crippen LogP contribution is -2.31.